The van der Waals surface area contributed by atoms with Crippen molar-refractivity contribution in [1.82, 2.24) is 9.97 Å². The summed E-state index contributed by atoms with van der Waals surface area (Å²) in [5.41, 5.74) is 2.18. The second-order valence-corrected chi connectivity index (χ2v) is 8.79. The van der Waals surface area contributed by atoms with Gasteiger partial charge in [-0.3, -0.25) is 4.72 Å². The maximum atomic E-state index is 12.9. The average Bonchev–Trinajstić information content (AvgIpc) is 2.78. The second-order valence-electron chi connectivity index (χ2n) is 6.67. The van der Waals surface area contributed by atoms with E-state index in [1.165, 1.54) is 19.2 Å². The van der Waals surface area contributed by atoms with E-state index in [0.717, 1.165) is 5.56 Å². The minimum absolute atomic E-state index is 0.0897. The van der Waals surface area contributed by atoms with Crippen LogP contribution < -0.4 is 14.8 Å². The van der Waals surface area contributed by atoms with Crippen molar-refractivity contribution in [3.8, 4) is 5.75 Å². The van der Waals surface area contributed by atoms with Crippen molar-refractivity contribution in [3.63, 3.8) is 0 Å². The van der Waals surface area contributed by atoms with E-state index in [2.05, 4.69) is 20.0 Å². The van der Waals surface area contributed by atoms with Crippen LogP contribution >= 0.6 is 11.6 Å². The van der Waals surface area contributed by atoms with Crippen molar-refractivity contribution >= 4 is 44.3 Å². The van der Waals surface area contributed by atoms with E-state index >= 15 is 0 Å². The molecule has 0 atom stereocenters. The topological polar surface area (TPSA) is 93.2 Å². The number of hydrogen-bond acceptors (Lipinski definition) is 6. The van der Waals surface area contributed by atoms with E-state index in [1.807, 2.05) is 30.3 Å². The Kier molecular flexibility index (Phi) is 5.92. The summed E-state index contributed by atoms with van der Waals surface area (Å²) in [6.07, 6.45) is 0. The highest BCUT2D eigenvalue weighted by molar-refractivity contribution is 7.92. The molecule has 4 aromatic rings. The van der Waals surface area contributed by atoms with Gasteiger partial charge in [0.15, 0.2) is 11.6 Å². The molecule has 0 aliphatic heterocycles. The Balaban J connectivity index is 1.67. The van der Waals surface area contributed by atoms with Crippen LogP contribution in [0.25, 0.3) is 11.0 Å². The van der Waals surface area contributed by atoms with Gasteiger partial charge in [-0.1, -0.05) is 35.9 Å². The van der Waals surface area contributed by atoms with Gasteiger partial charge in [0.05, 0.1) is 23.0 Å². The van der Waals surface area contributed by atoms with Gasteiger partial charge in [-0.2, -0.15) is 0 Å². The Labute approximate surface area is 185 Å². The van der Waals surface area contributed by atoms with Crippen molar-refractivity contribution in [2.45, 2.75) is 11.4 Å². The zero-order chi connectivity index (χ0) is 21.8. The molecule has 1 aromatic heterocycles. The number of hydrogen-bond donors (Lipinski definition) is 2. The fourth-order valence-electron chi connectivity index (χ4n) is 2.92. The monoisotopic (exact) mass is 454 g/mol. The molecule has 3 aromatic carbocycles. The predicted octanol–water partition coefficient (Wildman–Crippen LogP) is 4.70. The number of sulfonamides is 1. The van der Waals surface area contributed by atoms with Gasteiger partial charge >= 0.3 is 0 Å². The van der Waals surface area contributed by atoms with Gasteiger partial charge in [0.25, 0.3) is 10.0 Å². The Bertz CT molecular complexity index is 1310. The summed E-state index contributed by atoms with van der Waals surface area (Å²) < 4.78 is 33.5. The molecule has 0 fully saturated rings. The summed E-state index contributed by atoms with van der Waals surface area (Å²) >= 11 is 5.94. The zero-order valence-electron chi connectivity index (χ0n) is 16.5. The third-order valence-electron chi connectivity index (χ3n) is 4.54. The lowest BCUT2D eigenvalue weighted by atomic mass is 10.2. The molecule has 31 heavy (non-hydrogen) atoms. The molecule has 0 amide bonds. The third kappa shape index (κ3) is 4.87. The van der Waals surface area contributed by atoms with Gasteiger partial charge < -0.3 is 10.1 Å². The summed E-state index contributed by atoms with van der Waals surface area (Å²) in [7, 11) is -2.36. The number of nitrogens with zero attached hydrogens (tertiary/aromatic N) is 2. The zero-order valence-corrected chi connectivity index (χ0v) is 18.1. The van der Waals surface area contributed by atoms with Crippen LogP contribution in [0.5, 0.6) is 5.75 Å². The van der Waals surface area contributed by atoms with E-state index in [0.29, 0.717) is 34.2 Å². The van der Waals surface area contributed by atoms with Crippen molar-refractivity contribution in [2.75, 3.05) is 17.1 Å². The third-order valence-corrected chi connectivity index (χ3v) is 6.15. The second kappa shape index (κ2) is 8.79. The lowest BCUT2D eigenvalue weighted by molar-refractivity contribution is 0.414. The molecule has 9 heteroatoms. The molecule has 0 saturated heterocycles. The summed E-state index contributed by atoms with van der Waals surface area (Å²) in [5.74, 6) is 1.00. The number of aromatic nitrogens is 2. The number of anilines is 2. The first kappa shape index (κ1) is 20.9. The normalized spacial score (nSPS) is 11.3. The highest BCUT2D eigenvalue weighted by Gasteiger charge is 2.19. The lowest BCUT2D eigenvalue weighted by Gasteiger charge is -2.14. The van der Waals surface area contributed by atoms with Gasteiger partial charge in [-0.05, 0) is 54.1 Å². The minimum atomic E-state index is -3.88. The highest BCUT2D eigenvalue weighted by Crippen LogP contribution is 2.25. The van der Waals surface area contributed by atoms with Gasteiger partial charge in [0.2, 0.25) is 0 Å². The van der Waals surface area contributed by atoms with Crippen molar-refractivity contribution in [1.29, 1.82) is 0 Å². The molecule has 0 aliphatic carbocycles. The van der Waals surface area contributed by atoms with Crippen molar-refractivity contribution < 1.29 is 13.2 Å². The van der Waals surface area contributed by atoms with Crippen LogP contribution in [-0.4, -0.2) is 25.5 Å². The molecule has 0 bridgehead atoms. The number of fused-ring (bicyclic) bond motifs is 1. The molecule has 158 valence electrons. The molecule has 0 saturated carbocycles. The molecule has 4 rings (SSSR count). The Morgan fingerprint density at radius 2 is 1.48 bits per heavy atom. The molecule has 2 N–H and O–H groups in total. The van der Waals surface area contributed by atoms with E-state index in [9.17, 15) is 8.42 Å². The molecule has 0 spiro atoms. The standard InChI is InChI=1S/C22H19ClN4O3S/c1-30-17-10-12-18(13-11-17)31(28,29)27-22-21(24-14-15-6-8-16(23)9-7-15)25-19-4-2-3-5-20(19)26-22/h2-13H,14H2,1H3,(H,24,25)(H,26,27). The lowest BCUT2D eigenvalue weighted by Crippen LogP contribution is -2.16. The number of benzene rings is 3. The largest absolute Gasteiger partial charge is 0.497 e. The molecular weight excluding hydrogens is 436 g/mol. The summed E-state index contributed by atoms with van der Waals surface area (Å²) in [5, 5.41) is 3.81. The predicted molar refractivity (Wildman–Crippen MR) is 122 cm³/mol. The maximum Gasteiger partial charge on any atom is 0.263 e. The molecule has 0 radical (unpaired) electrons. The highest BCUT2D eigenvalue weighted by atomic mass is 35.5. The van der Waals surface area contributed by atoms with Gasteiger partial charge in [-0.15, -0.1) is 0 Å². The van der Waals surface area contributed by atoms with Crippen LogP contribution in [0.4, 0.5) is 11.6 Å². The first-order valence-corrected chi connectivity index (χ1v) is 11.2. The molecule has 0 unspecified atom stereocenters. The minimum Gasteiger partial charge on any atom is -0.497 e. The number of nitrogens with one attached hydrogen (secondary N) is 2. The first-order valence-electron chi connectivity index (χ1n) is 9.36. The summed E-state index contributed by atoms with van der Waals surface area (Å²) in [4.78, 5) is 9.14. The van der Waals surface area contributed by atoms with Crippen LogP contribution in [-0.2, 0) is 16.6 Å². The van der Waals surface area contributed by atoms with E-state index < -0.39 is 10.0 Å². The summed E-state index contributed by atoms with van der Waals surface area (Å²) in [6, 6.07) is 20.7. The average molecular weight is 455 g/mol. The van der Waals surface area contributed by atoms with Crippen LogP contribution in [0.2, 0.25) is 5.02 Å². The molecule has 7 nitrogen and oxygen atoms in total. The van der Waals surface area contributed by atoms with Crippen molar-refractivity contribution in [3.05, 3.63) is 83.4 Å². The summed E-state index contributed by atoms with van der Waals surface area (Å²) in [6.45, 7) is 0.418. The molecule has 1 heterocycles. The number of rotatable bonds is 7. The molecular formula is C22H19ClN4O3S. The quantitative estimate of drug-likeness (QED) is 0.420. The van der Waals surface area contributed by atoms with Crippen LogP contribution in [0.1, 0.15) is 5.56 Å². The van der Waals surface area contributed by atoms with Crippen LogP contribution in [0, 0.1) is 0 Å². The number of halogens is 1. The van der Waals surface area contributed by atoms with E-state index in [-0.39, 0.29) is 10.7 Å². The van der Waals surface area contributed by atoms with Crippen molar-refractivity contribution in [2.24, 2.45) is 0 Å². The first-order chi connectivity index (χ1) is 14.9. The maximum absolute atomic E-state index is 12.9. The smallest absolute Gasteiger partial charge is 0.263 e. The Morgan fingerprint density at radius 1 is 0.871 bits per heavy atom. The fourth-order valence-corrected chi connectivity index (χ4v) is 4.06. The van der Waals surface area contributed by atoms with Gasteiger partial charge in [-0.25, -0.2) is 18.4 Å². The van der Waals surface area contributed by atoms with Crippen LogP contribution in [0.15, 0.2) is 77.7 Å². The number of para-hydroxylation sites is 2. The van der Waals surface area contributed by atoms with Gasteiger partial charge in [0.1, 0.15) is 5.75 Å². The molecule has 0 aliphatic rings. The number of ether oxygens (including phenoxy) is 1. The van der Waals surface area contributed by atoms with Gasteiger partial charge in [0, 0.05) is 11.6 Å². The van der Waals surface area contributed by atoms with Crippen LogP contribution in [0.3, 0.4) is 0 Å². The Morgan fingerprint density at radius 3 is 2.10 bits per heavy atom. The number of methoxy groups -OCH3 is 1. The fraction of sp³-hybridized carbons (Fsp3) is 0.0909. The Hall–Kier alpha value is -3.36. The van der Waals surface area contributed by atoms with E-state index in [1.54, 1.807) is 30.3 Å². The SMILES string of the molecule is COc1ccc(S(=O)(=O)Nc2nc3ccccc3nc2NCc2ccc(Cl)cc2)cc1. The van der Waals surface area contributed by atoms with E-state index in [4.69, 9.17) is 16.3 Å².